The summed E-state index contributed by atoms with van der Waals surface area (Å²) in [5.74, 6) is -8.39. The minimum absolute atomic E-state index is 0.0369. The standard InChI is InChI=1S/C27H33N2O8/c1-6-9-26(2,3)13-8-7-11-10-12-15(21(32)14(11)20(13)31)23(34)27(37)17(19(12)30)18(29(4)5)22(33)16(24(27)35)25(28)36/h7-8,10,12,17-19,30-32,35,37H,6,9H2,1-5H3,(H2,28,36)/t12-,17-,18+,19+,27+/m0/s1. The molecule has 1 amide bonds. The molecule has 10 nitrogen and oxygen atoms in total. The van der Waals surface area contributed by atoms with Gasteiger partial charge < -0.3 is 31.3 Å². The lowest BCUT2D eigenvalue weighted by molar-refractivity contribution is -0.167. The van der Waals surface area contributed by atoms with Crippen molar-refractivity contribution >= 4 is 23.2 Å². The predicted octanol–water partition coefficient (Wildman–Crippen LogP) is 1.02. The third kappa shape index (κ3) is 3.53. The zero-order valence-corrected chi connectivity index (χ0v) is 21.4. The largest absolute Gasteiger partial charge is 0.508 e. The summed E-state index contributed by atoms with van der Waals surface area (Å²) in [7, 11) is 2.92. The molecule has 0 bridgehead atoms. The fourth-order valence-corrected chi connectivity index (χ4v) is 6.32. The van der Waals surface area contributed by atoms with E-state index in [1.165, 1.54) is 25.4 Å². The van der Waals surface area contributed by atoms with E-state index in [4.69, 9.17) is 5.73 Å². The van der Waals surface area contributed by atoms with Crippen LogP contribution in [-0.2, 0) is 19.8 Å². The van der Waals surface area contributed by atoms with Crippen molar-refractivity contribution in [3.8, 4) is 5.75 Å². The zero-order valence-electron chi connectivity index (χ0n) is 21.4. The number of phenols is 1. The summed E-state index contributed by atoms with van der Waals surface area (Å²) < 4.78 is 0. The fraction of sp³-hybridized carbons (Fsp3) is 0.481. The second-order valence-electron chi connectivity index (χ2n) is 11.0. The van der Waals surface area contributed by atoms with Gasteiger partial charge in [0.15, 0.2) is 11.4 Å². The highest BCUT2D eigenvalue weighted by atomic mass is 16.4. The number of likely N-dealkylation sites (N-methyl/N-ethyl adjacent to an activating group) is 1. The first-order chi connectivity index (χ1) is 17.1. The second kappa shape index (κ2) is 8.68. The molecule has 0 aliphatic heterocycles. The average Bonchev–Trinajstić information content (AvgIpc) is 2.78. The number of hydrogen-bond acceptors (Lipinski definition) is 9. The van der Waals surface area contributed by atoms with Gasteiger partial charge >= 0.3 is 0 Å². The van der Waals surface area contributed by atoms with Gasteiger partial charge in [-0.2, -0.15) is 0 Å². The first kappa shape index (κ1) is 26.8. The normalized spacial score (nSPS) is 29.8. The molecule has 199 valence electrons. The Morgan fingerprint density at radius 2 is 1.78 bits per heavy atom. The van der Waals surface area contributed by atoms with Crippen LogP contribution >= 0.6 is 0 Å². The van der Waals surface area contributed by atoms with Crippen molar-refractivity contribution < 1.29 is 39.9 Å². The highest BCUT2D eigenvalue weighted by Gasteiger charge is 2.67. The van der Waals surface area contributed by atoms with Crippen molar-refractivity contribution in [3.05, 3.63) is 52.1 Å². The monoisotopic (exact) mass is 513 g/mol. The van der Waals surface area contributed by atoms with E-state index in [9.17, 15) is 39.9 Å². The van der Waals surface area contributed by atoms with Gasteiger partial charge in [-0.15, -0.1) is 0 Å². The number of fused-ring (bicyclic) bond motifs is 3. The van der Waals surface area contributed by atoms with Crippen LogP contribution in [0.25, 0.3) is 5.76 Å². The number of aliphatic hydroxyl groups is 4. The molecular weight excluding hydrogens is 480 g/mol. The summed E-state index contributed by atoms with van der Waals surface area (Å²) in [6, 6.07) is 2.02. The molecule has 4 rings (SSSR count). The molecule has 0 aromatic heterocycles. The maximum Gasteiger partial charge on any atom is 0.255 e. The Labute approximate surface area is 214 Å². The lowest BCUT2D eigenvalue weighted by atomic mass is 9.56. The van der Waals surface area contributed by atoms with E-state index < -0.39 is 75.1 Å². The number of ketones is 2. The van der Waals surface area contributed by atoms with Gasteiger partial charge in [-0.05, 0) is 31.5 Å². The molecule has 3 aliphatic rings. The number of carbonyl (C=O) groups excluding carboxylic acids is 3. The molecule has 1 radical (unpaired) electrons. The molecule has 1 fully saturated rings. The summed E-state index contributed by atoms with van der Waals surface area (Å²) >= 11 is 0. The van der Waals surface area contributed by atoms with Gasteiger partial charge in [0.05, 0.1) is 23.6 Å². The SMILES string of the molecule is CCCC(C)(C)c1ccc2c(c1O)C(O)=C1C(=O)[C@@]3(O)C(O)=C(C(N)=O)C(=O)[C@H](N(C)C)[C@H]3[C@H](O)[C@H]1[CH]2. The van der Waals surface area contributed by atoms with Gasteiger partial charge in [-0.1, -0.05) is 39.3 Å². The second-order valence-corrected chi connectivity index (χ2v) is 11.0. The molecule has 10 heteroatoms. The Morgan fingerprint density at radius 3 is 2.32 bits per heavy atom. The van der Waals surface area contributed by atoms with Crippen molar-refractivity contribution in [2.24, 2.45) is 17.6 Å². The van der Waals surface area contributed by atoms with E-state index in [1.54, 1.807) is 12.1 Å². The molecule has 0 saturated heterocycles. The molecule has 37 heavy (non-hydrogen) atoms. The Hall–Kier alpha value is -3.21. The Bertz CT molecular complexity index is 1280. The van der Waals surface area contributed by atoms with Crippen LogP contribution in [0.5, 0.6) is 5.75 Å². The van der Waals surface area contributed by atoms with Crippen molar-refractivity contribution in [1.82, 2.24) is 4.90 Å². The molecule has 7 N–H and O–H groups in total. The van der Waals surface area contributed by atoms with Crippen LogP contribution in [0, 0.1) is 18.3 Å². The number of rotatable bonds is 5. The topological polar surface area (TPSA) is 182 Å². The van der Waals surface area contributed by atoms with Crippen LogP contribution < -0.4 is 5.73 Å². The Kier molecular flexibility index (Phi) is 6.30. The predicted molar refractivity (Wildman–Crippen MR) is 133 cm³/mol. The van der Waals surface area contributed by atoms with Crippen LogP contribution in [0.15, 0.2) is 29.0 Å². The number of aromatic hydroxyl groups is 1. The zero-order chi connectivity index (χ0) is 27.8. The van der Waals surface area contributed by atoms with Crippen molar-refractivity contribution in [3.63, 3.8) is 0 Å². The summed E-state index contributed by atoms with van der Waals surface area (Å²) in [5.41, 5.74) is 1.41. The number of primary amides is 1. The molecule has 1 saturated carbocycles. The Morgan fingerprint density at radius 1 is 1.16 bits per heavy atom. The molecule has 0 spiro atoms. The van der Waals surface area contributed by atoms with E-state index in [1.807, 2.05) is 20.8 Å². The summed E-state index contributed by atoms with van der Waals surface area (Å²) in [4.78, 5) is 40.4. The van der Waals surface area contributed by atoms with Crippen molar-refractivity contribution in [1.29, 1.82) is 0 Å². The summed E-state index contributed by atoms with van der Waals surface area (Å²) in [5, 5.41) is 56.5. The maximum atomic E-state index is 13.9. The highest BCUT2D eigenvalue weighted by molar-refractivity contribution is 6.24. The van der Waals surface area contributed by atoms with Crippen LogP contribution in [-0.4, -0.2) is 79.7 Å². The van der Waals surface area contributed by atoms with E-state index in [0.717, 1.165) is 12.8 Å². The van der Waals surface area contributed by atoms with Crippen LogP contribution in [0.3, 0.4) is 0 Å². The number of aliphatic hydroxyl groups excluding tert-OH is 3. The lowest BCUT2D eigenvalue weighted by Crippen LogP contribution is -2.70. The molecular formula is C27H33N2O8. The van der Waals surface area contributed by atoms with Gasteiger partial charge in [0.2, 0.25) is 5.78 Å². The minimum atomic E-state index is -2.92. The molecule has 1 aromatic rings. The number of nitrogens with zero attached hydrogens (tertiary/aromatic N) is 1. The van der Waals surface area contributed by atoms with Crippen LogP contribution in [0.1, 0.15) is 50.3 Å². The molecule has 1 aromatic carbocycles. The average molecular weight is 514 g/mol. The first-order valence-corrected chi connectivity index (χ1v) is 12.2. The number of carbonyl (C=O) groups is 3. The van der Waals surface area contributed by atoms with Crippen LogP contribution in [0.2, 0.25) is 0 Å². The number of phenolic OH excluding ortho intramolecular Hbond substituents is 1. The Balaban J connectivity index is 1.99. The fourth-order valence-electron chi connectivity index (χ4n) is 6.32. The maximum absolute atomic E-state index is 13.9. The van der Waals surface area contributed by atoms with Crippen molar-refractivity contribution in [2.75, 3.05) is 14.1 Å². The van der Waals surface area contributed by atoms with Crippen molar-refractivity contribution in [2.45, 2.75) is 56.8 Å². The number of hydrogen-bond donors (Lipinski definition) is 6. The summed E-state index contributed by atoms with van der Waals surface area (Å²) in [6.45, 7) is 5.88. The van der Waals surface area contributed by atoms with E-state index in [2.05, 4.69) is 0 Å². The number of amides is 1. The first-order valence-electron chi connectivity index (χ1n) is 12.2. The van der Waals surface area contributed by atoms with E-state index in [-0.39, 0.29) is 11.3 Å². The molecule has 5 atom stereocenters. The number of nitrogens with two attached hydrogens (primary N) is 1. The molecule has 0 heterocycles. The van der Waals surface area contributed by atoms with Gasteiger partial charge in [-0.25, -0.2) is 0 Å². The smallest absolute Gasteiger partial charge is 0.255 e. The van der Waals surface area contributed by atoms with Gasteiger partial charge in [0.1, 0.15) is 22.8 Å². The number of benzene rings is 1. The minimum Gasteiger partial charge on any atom is -0.508 e. The lowest BCUT2D eigenvalue weighted by Gasteiger charge is -2.52. The van der Waals surface area contributed by atoms with Crippen LogP contribution in [0.4, 0.5) is 0 Å². The number of Topliss-reactive ketones (excluding diaryl/α,β-unsaturated/α-hetero) is 2. The van der Waals surface area contributed by atoms with E-state index in [0.29, 0.717) is 11.1 Å². The van der Waals surface area contributed by atoms with Gasteiger partial charge in [0.25, 0.3) is 5.91 Å². The molecule has 3 aliphatic carbocycles. The van der Waals surface area contributed by atoms with Gasteiger partial charge in [0, 0.05) is 23.5 Å². The molecule has 0 unspecified atom stereocenters. The quantitative estimate of drug-likeness (QED) is 0.313. The highest BCUT2D eigenvalue weighted by Crippen LogP contribution is 2.54. The van der Waals surface area contributed by atoms with Gasteiger partial charge in [-0.3, -0.25) is 19.3 Å². The summed E-state index contributed by atoms with van der Waals surface area (Å²) in [6.07, 6.45) is 1.42. The third-order valence-corrected chi connectivity index (χ3v) is 8.06. The van der Waals surface area contributed by atoms with E-state index >= 15 is 0 Å². The third-order valence-electron chi connectivity index (χ3n) is 8.06.